The molecule has 3 heterocycles. The third-order valence-corrected chi connectivity index (χ3v) is 12.6. The summed E-state index contributed by atoms with van der Waals surface area (Å²) >= 11 is 0. The number of hydrogen-bond donors (Lipinski definition) is 0. The van der Waals surface area contributed by atoms with Gasteiger partial charge in [0, 0.05) is 60.5 Å². The molecule has 62 heavy (non-hydrogen) atoms. The number of hydrogen-bond acceptors (Lipinski definition) is 3. The van der Waals surface area contributed by atoms with Gasteiger partial charge < -0.3 is 18.3 Å². The van der Waals surface area contributed by atoms with Gasteiger partial charge in [-0.2, -0.15) is 0 Å². The highest BCUT2D eigenvalue weighted by Gasteiger charge is 2.20. The first-order valence-electron chi connectivity index (χ1n) is 21.1. The van der Waals surface area contributed by atoms with E-state index in [1.54, 1.807) is 0 Å². The molecule has 13 aromatic rings. The zero-order chi connectivity index (χ0) is 40.7. The highest BCUT2D eigenvalue weighted by atomic mass is 16.3. The standard InChI is InChI=1S/C58H36N2O2/c1-2-17-46-38(12-1)28-32-50-57-45(21-11-25-56(57)62-58(46)50)40-13-9-14-42(34-40)59(41-30-26-37(27-31-41)39-29-33-55-51(35-39)49-20-5-8-24-54(49)61-55)43-15-10-16-44(36-43)60-52-22-6-3-18-47(52)48-19-4-7-23-53(48)60/h1-36H. The van der Waals surface area contributed by atoms with Crippen molar-refractivity contribution in [3.8, 4) is 27.9 Å². The van der Waals surface area contributed by atoms with Gasteiger partial charge in [-0.15, -0.1) is 0 Å². The molecular weight excluding hydrogens is 757 g/mol. The van der Waals surface area contributed by atoms with Gasteiger partial charge in [-0.3, -0.25) is 0 Å². The number of anilines is 3. The van der Waals surface area contributed by atoms with E-state index in [0.29, 0.717) is 0 Å². The van der Waals surface area contributed by atoms with Gasteiger partial charge >= 0.3 is 0 Å². The number of fused-ring (bicyclic) bond motifs is 11. The van der Waals surface area contributed by atoms with Crippen molar-refractivity contribution in [3.63, 3.8) is 0 Å². The lowest BCUT2D eigenvalue weighted by molar-refractivity contribution is 0.669. The first-order chi connectivity index (χ1) is 30.7. The fourth-order valence-electron chi connectivity index (χ4n) is 9.73. The highest BCUT2D eigenvalue weighted by Crippen LogP contribution is 2.43. The van der Waals surface area contributed by atoms with Crippen LogP contribution in [-0.4, -0.2) is 4.57 Å². The number of rotatable bonds is 6. The van der Waals surface area contributed by atoms with Crippen LogP contribution in [0.5, 0.6) is 0 Å². The summed E-state index contributed by atoms with van der Waals surface area (Å²) in [5.74, 6) is 0. The van der Waals surface area contributed by atoms with E-state index in [2.05, 4.69) is 216 Å². The molecule has 0 saturated carbocycles. The molecule has 0 aliphatic rings. The van der Waals surface area contributed by atoms with Gasteiger partial charge in [0.2, 0.25) is 0 Å². The minimum atomic E-state index is 0.882. The van der Waals surface area contributed by atoms with Crippen LogP contribution in [0.2, 0.25) is 0 Å². The van der Waals surface area contributed by atoms with E-state index >= 15 is 0 Å². The Morgan fingerprint density at radius 3 is 1.81 bits per heavy atom. The summed E-state index contributed by atoms with van der Waals surface area (Å²) in [4.78, 5) is 2.37. The summed E-state index contributed by atoms with van der Waals surface area (Å²) < 4.78 is 15.2. The summed E-state index contributed by atoms with van der Waals surface area (Å²) in [6.45, 7) is 0. The number of benzene rings is 10. The summed E-state index contributed by atoms with van der Waals surface area (Å²) in [6.07, 6.45) is 0. The molecule has 0 aliphatic carbocycles. The van der Waals surface area contributed by atoms with E-state index in [0.717, 1.165) is 94.3 Å². The SMILES string of the molecule is c1cc(-c2cccc3oc4c5ccccc5ccc4c23)cc(N(c2ccc(-c3ccc4oc5ccccc5c4c3)cc2)c2cccc(-n3c4ccccc4c4ccccc43)c2)c1. The zero-order valence-corrected chi connectivity index (χ0v) is 33.5. The summed E-state index contributed by atoms with van der Waals surface area (Å²) in [5.41, 5.74) is 14.8. The van der Waals surface area contributed by atoms with Gasteiger partial charge in [-0.25, -0.2) is 0 Å². The van der Waals surface area contributed by atoms with E-state index in [1.165, 1.54) is 27.2 Å². The average molecular weight is 793 g/mol. The van der Waals surface area contributed by atoms with Crippen molar-refractivity contribution in [3.05, 3.63) is 218 Å². The van der Waals surface area contributed by atoms with Gasteiger partial charge in [0.15, 0.2) is 0 Å². The lowest BCUT2D eigenvalue weighted by Crippen LogP contribution is -2.10. The van der Waals surface area contributed by atoms with Gasteiger partial charge in [0.05, 0.1) is 11.0 Å². The van der Waals surface area contributed by atoms with Crippen molar-refractivity contribution in [2.75, 3.05) is 4.90 Å². The minimum absolute atomic E-state index is 0.882. The van der Waals surface area contributed by atoms with Crippen LogP contribution in [0.4, 0.5) is 17.1 Å². The predicted octanol–water partition coefficient (Wildman–Crippen LogP) is 16.5. The maximum atomic E-state index is 6.62. The molecule has 4 nitrogen and oxygen atoms in total. The minimum Gasteiger partial charge on any atom is -0.456 e. The fourth-order valence-corrected chi connectivity index (χ4v) is 9.73. The molecule has 0 aliphatic heterocycles. The molecule has 290 valence electrons. The summed E-state index contributed by atoms with van der Waals surface area (Å²) in [5, 5.41) is 9.26. The second-order valence-corrected chi connectivity index (χ2v) is 16.1. The monoisotopic (exact) mass is 792 g/mol. The predicted molar refractivity (Wildman–Crippen MR) is 258 cm³/mol. The lowest BCUT2D eigenvalue weighted by Gasteiger charge is -2.27. The van der Waals surface area contributed by atoms with E-state index < -0.39 is 0 Å². The van der Waals surface area contributed by atoms with E-state index in [4.69, 9.17) is 8.83 Å². The third kappa shape index (κ3) is 5.33. The molecule has 10 aromatic carbocycles. The molecular formula is C58H36N2O2. The van der Waals surface area contributed by atoms with Crippen LogP contribution in [0.25, 0.3) is 104 Å². The Hall–Kier alpha value is -8.34. The molecule has 3 aromatic heterocycles. The van der Waals surface area contributed by atoms with Crippen LogP contribution in [0.15, 0.2) is 227 Å². The number of aromatic nitrogens is 1. The number of furan rings is 2. The van der Waals surface area contributed by atoms with Crippen LogP contribution < -0.4 is 4.90 Å². The molecule has 0 unspecified atom stereocenters. The van der Waals surface area contributed by atoms with Crippen molar-refractivity contribution in [2.24, 2.45) is 0 Å². The Kier molecular flexibility index (Phi) is 7.57. The second-order valence-electron chi connectivity index (χ2n) is 16.1. The van der Waals surface area contributed by atoms with Gasteiger partial charge in [0.25, 0.3) is 0 Å². The molecule has 0 atom stereocenters. The molecule has 0 bridgehead atoms. The fraction of sp³-hybridized carbons (Fsp3) is 0. The first-order valence-corrected chi connectivity index (χ1v) is 21.1. The molecule has 0 spiro atoms. The van der Waals surface area contributed by atoms with Gasteiger partial charge in [-0.05, 0) is 113 Å². The van der Waals surface area contributed by atoms with Crippen molar-refractivity contribution >= 4 is 93.5 Å². The van der Waals surface area contributed by atoms with E-state index in [1.807, 2.05) is 12.1 Å². The van der Waals surface area contributed by atoms with Gasteiger partial charge in [0.1, 0.15) is 22.3 Å². The van der Waals surface area contributed by atoms with Crippen molar-refractivity contribution in [1.29, 1.82) is 0 Å². The quantitative estimate of drug-likeness (QED) is 0.168. The van der Waals surface area contributed by atoms with Crippen LogP contribution in [0.1, 0.15) is 0 Å². The van der Waals surface area contributed by atoms with E-state index in [9.17, 15) is 0 Å². The van der Waals surface area contributed by atoms with Crippen LogP contribution in [0, 0.1) is 0 Å². The third-order valence-electron chi connectivity index (χ3n) is 12.6. The average Bonchev–Trinajstić information content (AvgIpc) is 4.02. The molecule has 4 heteroatoms. The molecule has 0 fully saturated rings. The van der Waals surface area contributed by atoms with Crippen molar-refractivity contribution in [1.82, 2.24) is 4.57 Å². The molecule has 0 radical (unpaired) electrons. The smallest absolute Gasteiger partial charge is 0.143 e. The maximum Gasteiger partial charge on any atom is 0.143 e. The Morgan fingerprint density at radius 2 is 0.984 bits per heavy atom. The largest absolute Gasteiger partial charge is 0.456 e. The van der Waals surface area contributed by atoms with Crippen LogP contribution in [0.3, 0.4) is 0 Å². The van der Waals surface area contributed by atoms with Gasteiger partial charge in [-0.1, -0.05) is 133 Å². The molecule has 0 saturated heterocycles. The molecule has 13 rings (SSSR count). The molecule has 0 N–H and O–H groups in total. The first kappa shape index (κ1) is 34.5. The summed E-state index contributed by atoms with van der Waals surface area (Å²) in [6, 6.07) is 78.1. The number of para-hydroxylation sites is 3. The Balaban J connectivity index is 0.979. The molecule has 0 amide bonds. The second kappa shape index (κ2) is 13.6. The van der Waals surface area contributed by atoms with E-state index in [-0.39, 0.29) is 0 Å². The zero-order valence-electron chi connectivity index (χ0n) is 33.5. The lowest BCUT2D eigenvalue weighted by atomic mass is 9.97. The highest BCUT2D eigenvalue weighted by molar-refractivity contribution is 6.19. The maximum absolute atomic E-state index is 6.62. The topological polar surface area (TPSA) is 34.5 Å². The van der Waals surface area contributed by atoms with Crippen LogP contribution >= 0.6 is 0 Å². The number of nitrogens with zero attached hydrogens (tertiary/aromatic N) is 2. The Morgan fingerprint density at radius 1 is 0.339 bits per heavy atom. The Bertz CT molecular complexity index is 3830. The van der Waals surface area contributed by atoms with Crippen LogP contribution in [-0.2, 0) is 0 Å². The summed E-state index contributed by atoms with van der Waals surface area (Å²) in [7, 11) is 0. The Labute approximate surface area is 356 Å². The van der Waals surface area contributed by atoms with Crippen molar-refractivity contribution < 1.29 is 8.83 Å². The van der Waals surface area contributed by atoms with Crippen molar-refractivity contribution in [2.45, 2.75) is 0 Å². The normalized spacial score (nSPS) is 11.9.